The van der Waals surface area contributed by atoms with E-state index in [9.17, 15) is 4.79 Å². The predicted molar refractivity (Wildman–Crippen MR) is 89.1 cm³/mol. The van der Waals surface area contributed by atoms with Crippen LogP contribution in [0.1, 0.15) is 19.6 Å². The fourth-order valence-corrected chi connectivity index (χ4v) is 2.22. The van der Waals surface area contributed by atoms with Crippen LogP contribution in [-0.4, -0.2) is 24.1 Å². The summed E-state index contributed by atoms with van der Waals surface area (Å²) in [6, 6.07) is 10.8. The van der Waals surface area contributed by atoms with E-state index in [1.165, 1.54) is 4.90 Å². The summed E-state index contributed by atoms with van der Waals surface area (Å²) in [6.07, 6.45) is 0.0382. The highest BCUT2D eigenvalue weighted by molar-refractivity contribution is 9.10. The maximum Gasteiger partial charge on any atom is 0.322 e. The summed E-state index contributed by atoms with van der Waals surface area (Å²) in [5.74, 6) is 1.36. The molecule has 2 aromatic rings. The summed E-state index contributed by atoms with van der Waals surface area (Å²) >= 11 is 3.24. The molecular weight excluding hydrogens is 348 g/mol. The number of nitrogens with zero attached hydrogens (tertiary/aromatic N) is 1. The highest BCUT2D eigenvalue weighted by Crippen LogP contribution is 2.25. The molecule has 0 radical (unpaired) electrons. The van der Waals surface area contributed by atoms with Gasteiger partial charge in [0.1, 0.15) is 11.5 Å². The third-order valence-electron chi connectivity index (χ3n) is 2.86. The molecule has 0 aliphatic heterocycles. The lowest BCUT2D eigenvalue weighted by molar-refractivity contribution is 0.215. The van der Waals surface area contributed by atoms with Gasteiger partial charge < -0.3 is 19.4 Å². The monoisotopic (exact) mass is 366 g/mol. The highest BCUT2D eigenvalue weighted by Gasteiger charge is 2.14. The van der Waals surface area contributed by atoms with Crippen LogP contribution in [0.25, 0.3) is 0 Å². The molecule has 0 bridgehead atoms. The summed E-state index contributed by atoms with van der Waals surface area (Å²) in [5, 5.41) is 2.85. The molecule has 0 unspecified atom stereocenters. The van der Waals surface area contributed by atoms with Gasteiger partial charge in [-0.15, -0.1) is 0 Å². The number of urea groups is 1. The standard InChI is InChI=1S/C16H19BrN2O3/c1-11(2)21-14-7-5-4-6-13(14)18-16(20)19(3)10-12-8-9-15(17)22-12/h4-9,11H,10H2,1-3H3,(H,18,20). The van der Waals surface area contributed by atoms with Crippen LogP contribution in [0.5, 0.6) is 5.75 Å². The summed E-state index contributed by atoms with van der Waals surface area (Å²) in [5.41, 5.74) is 0.647. The molecule has 2 amide bonds. The van der Waals surface area contributed by atoms with Gasteiger partial charge in [-0.05, 0) is 54.0 Å². The normalized spacial score (nSPS) is 10.6. The van der Waals surface area contributed by atoms with Crippen LogP contribution >= 0.6 is 15.9 Å². The topological polar surface area (TPSA) is 54.7 Å². The van der Waals surface area contributed by atoms with Crippen molar-refractivity contribution in [3.63, 3.8) is 0 Å². The van der Waals surface area contributed by atoms with Crippen LogP contribution in [0.2, 0.25) is 0 Å². The first kappa shape index (κ1) is 16.4. The molecule has 0 fully saturated rings. The average molecular weight is 367 g/mol. The summed E-state index contributed by atoms with van der Waals surface area (Å²) in [6.45, 7) is 4.27. The lowest BCUT2D eigenvalue weighted by Crippen LogP contribution is -2.30. The van der Waals surface area contributed by atoms with E-state index >= 15 is 0 Å². The molecule has 0 aliphatic rings. The zero-order valence-electron chi connectivity index (χ0n) is 12.8. The zero-order chi connectivity index (χ0) is 16.1. The minimum Gasteiger partial charge on any atom is -0.489 e. The maximum atomic E-state index is 12.3. The van der Waals surface area contributed by atoms with E-state index < -0.39 is 0 Å². The van der Waals surface area contributed by atoms with Crippen molar-refractivity contribution < 1.29 is 13.9 Å². The predicted octanol–water partition coefficient (Wildman–Crippen LogP) is 4.49. The van der Waals surface area contributed by atoms with Crippen LogP contribution < -0.4 is 10.1 Å². The first-order valence-electron chi connectivity index (χ1n) is 6.97. The summed E-state index contributed by atoms with van der Waals surface area (Å²) in [7, 11) is 1.71. The number of nitrogens with one attached hydrogen (secondary N) is 1. The smallest absolute Gasteiger partial charge is 0.322 e. The molecule has 5 nitrogen and oxygen atoms in total. The number of carbonyl (C=O) groups excluding carboxylic acids is 1. The molecule has 1 aromatic heterocycles. The van der Waals surface area contributed by atoms with Crippen LogP contribution in [0.4, 0.5) is 10.5 Å². The van der Waals surface area contributed by atoms with E-state index in [2.05, 4.69) is 21.2 Å². The third-order valence-corrected chi connectivity index (χ3v) is 3.29. The number of halogens is 1. The molecule has 0 saturated carbocycles. The van der Waals surface area contributed by atoms with Gasteiger partial charge in [-0.25, -0.2) is 4.79 Å². The molecular formula is C16H19BrN2O3. The van der Waals surface area contributed by atoms with Crippen LogP contribution in [0, 0.1) is 0 Å². The SMILES string of the molecule is CC(C)Oc1ccccc1NC(=O)N(C)Cc1ccc(Br)o1. The number of para-hydroxylation sites is 2. The van der Waals surface area contributed by atoms with Crippen molar-refractivity contribution in [1.29, 1.82) is 0 Å². The van der Waals surface area contributed by atoms with E-state index in [4.69, 9.17) is 9.15 Å². The molecule has 6 heteroatoms. The minimum absolute atomic E-state index is 0.0382. The van der Waals surface area contributed by atoms with Gasteiger partial charge in [-0.3, -0.25) is 0 Å². The second kappa shape index (κ2) is 7.35. The quantitative estimate of drug-likeness (QED) is 0.847. The lowest BCUT2D eigenvalue weighted by atomic mass is 10.3. The summed E-state index contributed by atoms with van der Waals surface area (Å²) < 4.78 is 11.7. The van der Waals surface area contributed by atoms with Crippen molar-refractivity contribution in [2.24, 2.45) is 0 Å². The van der Waals surface area contributed by atoms with Gasteiger partial charge in [0.05, 0.1) is 18.3 Å². The number of amides is 2. The Hall–Kier alpha value is -1.95. The number of anilines is 1. The van der Waals surface area contributed by atoms with Crippen molar-refractivity contribution >= 4 is 27.6 Å². The molecule has 22 heavy (non-hydrogen) atoms. The van der Waals surface area contributed by atoms with Gasteiger partial charge in [0.15, 0.2) is 4.67 Å². The van der Waals surface area contributed by atoms with Gasteiger partial charge in [0, 0.05) is 7.05 Å². The molecule has 0 aliphatic carbocycles. The van der Waals surface area contributed by atoms with Gasteiger partial charge in [-0.1, -0.05) is 12.1 Å². The number of ether oxygens (including phenoxy) is 1. The van der Waals surface area contributed by atoms with E-state index in [1.54, 1.807) is 13.1 Å². The Morgan fingerprint density at radius 3 is 2.68 bits per heavy atom. The Balaban J connectivity index is 2.02. The fraction of sp³-hybridized carbons (Fsp3) is 0.312. The largest absolute Gasteiger partial charge is 0.489 e. The van der Waals surface area contributed by atoms with Gasteiger partial charge in [0.25, 0.3) is 0 Å². The second-order valence-corrected chi connectivity index (χ2v) is 5.94. The number of rotatable bonds is 5. The van der Waals surface area contributed by atoms with Crippen molar-refractivity contribution in [2.75, 3.05) is 12.4 Å². The fourth-order valence-electron chi connectivity index (χ4n) is 1.88. The second-order valence-electron chi connectivity index (χ2n) is 5.15. The number of benzene rings is 1. The molecule has 0 atom stereocenters. The Bertz CT molecular complexity index is 640. The number of hydrogen-bond acceptors (Lipinski definition) is 3. The Kier molecular flexibility index (Phi) is 5.49. The third kappa shape index (κ3) is 4.53. The van der Waals surface area contributed by atoms with E-state index in [-0.39, 0.29) is 12.1 Å². The molecule has 0 saturated heterocycles. The molecule has 2 rings (SSSR count). The zero-order valence-corrected chi connectivity index (χ0v) is 14.4. The van der Waals surface area contributed by atoms with E-state index in [1.807, 2.05) is 44.2 Å². The Morgan fingerprint density at radius 1 is 1.32 bits per heavy atom. The van der Waals surface area contributed by atoms with Crippen molar-refractivity contribution in [3.05, 3.63) is 46.8 Å². The van der Waals surface area contributed by atoms with E-state index in [0.717, 1.165) is 0 Å². The first-order chi connectivity index (χ1) is 10.5. The first-order valence-corrected chi connectivity index (χ1v) is 7.77. The maximum absolute atomic E-state index is 12.3. The molecule has 0 spiro atoms. The number of hydrogen-bond donors (Lipinski definition) is 1. The molecule has 1 aromatic carbocycles. The van der Waals surface area contributed by atoms with Crippen molar-refractivity contribution in [3.8, 4) is 5.75 Å². The molecule has 118 valence electrons. The number of carbonyl (C=O) groups is 1. The molecule has 1 N–H and O–H groups in total. The average Bonchev–Trinajstić information content (AvgIpc) is 2.85. The van der Waals surface area contributed by atoms with E-state index in [0.29, 0.717) is 28.4 Å². The van der Waals surface area contributed by atoms with Crippen LogP contribution in [0.15, 0.2) is 45.5 Å². The Labute approximate surface area is 138 Å². The van der Waals surface area contributed by atoms with Crippen LogP contribution in [0.3, 0.4) is 0 Å². The van der Waals surface area contributed by atoms with Gasteiger partial charge in [-0.2, -0.15) is 0 Å². The van der Waals surface area contributed by atoms with Crippen LogP contribution in [-0.2, 0) is 6.54 Å². The van der Waals surface area contributed by atoms with Gasteiger partial charge in [0.2, 0.25) is 0 Å². The van der Waals surface area contributed by atoms with Crippen molar-refractivity contribution in [1.82, 2.24) is 4.90 Å². The highest BCUT2D eigenvalue weighted by atomic mass is 79.9. The number of furan rings is 1. The van der Waals surface area contributed by atoms with Crippen molar-refractivity contribution in [2.45, 2.75) is 26.5 Å². The Morgan fingerprint density at radius 2 is 2.05 bits per heavy atom. The minimum atomic E-state index is -0.229. The molecule has 1 heterocycles. The van der Waals surface area contributed by atoms with Gasteiger partial charge >= 0.3 is 6.03 Å². The summed E-state index contributed by atoms with van der Waals surface area (Å²) in [4.78, 5) is 13.8. The lowest BCUT2D eigenvalue weighted by Gasteiger charge is -2.19.